The number of anilines is 1. The minimum atomic E-state index is -1.07. The number of Topliss-reactive ketones (excluding diaryl/α,β-unsaturated/α-hetero) is 1. The van der Waals surface area contributed by atoms with Gasteiger partial charge < -0.3 is 48.9 Å². The van der Waals surface area contributed by atoms with E-state index in [-0.39, 0.29) is 47.7 Å². The van der Waals surface area contributed by atoms with Crippen LogP contribution in [0.15, 0.2) is 269 Å². The fraction of sp³-hybridized carbons (Fsp3) is 0.309. The summed E-state index contributed by atoms with van der Waals surface area (Å²) in [6.45, 7) is 2.12. The van der Waals surface area contributed by atoms with Crippen LogP contribution in [0.2, 0.25) is 0 Å². The van der Waals surface area contributed by atoms with Crippen molar-refractivity contribution in [2.75, 3.05) is 41.2 Å². The van der Waals surface area contributed by atoms with Crippen molar-refractivity contribution in [3.05, 3.63) is 332 Å². The van der Waals surface area contributed by atoms with E-state index in [1.165, 1.54) is 78.8 Å². The number of hydrogen-bond acceptors (Lipinski definition) is 23. The van der Waals surface area contributed by atoms with Crippen LogP contribution in [0, 0.1) is 5.92 Å². The molecule has 4 saturated carbocycles. The van der Waals surface area contributed by atoms with Crippen molar-refractivity contribution in [1.29, 1.82) is 0 Å². The molecule has 4 aliphatic rings. The molecule has 27 nitrogen and oxygen atoms in total. The molecule has 7 aromatic heterocycles. The summed E-state index contributed by atoms with van der Waals surface area (Å²) in [6.07, 6.45) is 30.6. The number of carboxylic acid groups (broad SMARTS) is 1. The number of thiol groups is 1. The number of carboxylic acids is 1. The number of fused-ring (bicyclic) bond motifs is 3. The van der Waals surface area contributed by atoms with Gasteiger partial charge in [-0.1, -0.05) is 254 Å². The van der Waals surface area contributed by atoms with Crippen molar-refractivity contribution in [2.45, 2.75) is 180 Å². The van der Waals surface area contributed by atoms with E-state index in [0.29, 0.717) is 70.1 Å². The number of ether oxygens (including phenoxy) is 7. The van der Waals surface area contributed by atoms with Crippen LogP contribution in [0.25, 0.3) is 55.9 Å². The predicted octanol–water partition coefficient (Wildman–Crippen LogP) is 24.8. The van der Waals surface area contributed by atoms with Gasteiger partial charge in [-0.2, -0.15) is 20.4 Å². The van der Waals surface area contributed by atoms with Gasteiger partial charge in [0, 0.05) is 97.0 Å². The molecule has 4 N–H and O–H groups in total. The average Bonchev–Trinajstić information content (AvgIpc) is 1.63. The van der Waals surface area contributed by atoms with Gasteiger partial charge in [-0.3, -0.25) is 9.89 Å². The van der Waals surface area contributed by atoms with Crippen LogP contribution in [0.3, 0.4) is 0 Å². The zero-order valence-electron chi connectivity index (χ0n) is 79.1. The quantitative estimate of drug-likeness (QED) is 0.0129. The number of nitrogens with one attached hydrogen (secondary N) is 1. The number of esters is 3. The number of methoxy groups -OCH3 is 3. The Morgan fingerprint density at radius 1 is 0.461 bits per heavy atom. The SMILES string of the molecule is C.CN(C)/C=C(/C(=O)C1CCCCC1)c1ccc(OCc2ccccc2)cc1.COC(=O)c1cc(N)n[nH]1.COC(=O)c1cc2ncc(-c3ccc(OCc4ccccc4)cc3)c(C3CCCCC3)n2n1.COC(=O)c1nn2c(C3CCCCC3)c(-c3ccc(OCc4ccccc4)cc3)cnc2c1Br.O=C(O)c1nn2c(C3CCCCC3)c(-c3ccc(OCc4ccccc4)cc3)cnc2c1Br.[B]=NS. The van der Waals surface area contributed by atoms with Gasteiger partial charge in [0.15, 0.2) is 39.8 Å². The molecule has 0 bridgehead atoms. The minimum absolute atomic E-state index is 0. The first-order chi connectivity index (χ1) is 68.3. The summed E-state index contributed by atoms with van der Waals surface area (Å²) in [5.41, 5.74) is 23.6. The third-order valence-corrected chi connectivity index (χ3v) is 26.5. The fourth-order valence-electron chi connectivity index (χ4n) is 18.0. The van der Waals surface area contributed by atoms with Gasteiger partial charge in [0.05, 0.1) is 47.4 Å². The molecule has 729 valence electrons. The number of halogens is 2. The number of allylic oxidation sites excluding steroid dienone is 1. The van der Waals surface area contributed by atoms with Crippen molar-refractivity contribution in [3.8, 4) is 56.4 Å². The monoisotopic (exact) mass is 2040 g/mol. The number of aromatic amines is 1. The second kappa shape index (κ2) is 52.4. The van der Waals surface area contributed by atoms with E-state index in [1.54, 1.807) is 10.6 Å². The van der Waals surface area contributed by atoms with Crippen molar-refractivity contribution < 1.29 is 62.2 Å². The Hall–Kier alpha value is -13.9. The molecule has 8 aromatic carbocycles. The summed E-state index contributed by atoms with van der Waals surface area (Å²) >= 11 is 10.1. The Morgan fingerprint density at radius 2 is 0.801 bits per heavy atom. The molecular weight excluding hydrogens is 1930 g/mol. The summed E-state index contributed by atoms with van der Waals surface area (Å²) in [5, 5.41) is 29.2. The third-order valence-electron chi connectivity index (χ3n) is 25.0. The van der Waals surface area contributed by atoms with E-state index >= 15 is 0 Å². The molecule has 4 fully saturated rings. The van der Waals surface area contributed by atoms with Crippen molar-refractivity contribution in [2.24, 2.45) is 10.2 Å². The van der Waals surface area contributed by atoms with Crippen LogP contribution >= 0.6 is 44.7 Å². The number of aromatic carboxylic acids is 1. The van der Waals surface area contributed by atoms with Gasteiger partial charge in [0.1, 0.15) is 60.9 Å². The summed E-state index contributed by atoms with van der Waals surface area (Å²) < 4.78 is 47.0. The Bertz CT molecular complexity index is 6650. The molecule has 0 spiro atoms. The molecule has 1 radical (unpaired) electrons. The van der Waals surface area contributed by atoms with E-state index in [1.807, 2.05) is 211 Å². The molecule has 7 heterocycles. The van der Waals surface area contributed by atoms with Gasteiger partial charge in [0.2, 0.25) is 0 Å². The summed E-state index contributed by atoms with van der Waals surface area (Å²) in [4.78, 5) is 75.6. The standard InChI is InChI=1S/C27H26BrN3O3.C27H27N3O3.C26H24BrN3O3.C24H29NO2.C5H7N3O2.CH4.BHNS/c1-33-27(32)24-23(28)26-29-16-22(25(31(26)30-24)20-10-6-3-7-11-20)19-12-14-21(15-13-19)34-17-18-8-4-2-5-9-18;1-32-27(31)24-16-25-28-17-23(26(30(25)29-24)21-10-6-3-7-11-21)20-12-14-22(15-13-20)33-18-19-8-4-2-5-9-19;27-22-23(26(31)32)29-30-24(19-9-5-2-6-10-19)21(15-28-25(22)30)18-11-13-20(14-12-18)33-16-17-7-3-1-4-8-17;1-25(2)17-23(24(26)21-11-7-4-8-12-21)20-13-15-22(16-14-20)27-18-19-9-5-3-6-10-19;1-10-5(9)3-2-4(6)8-7-3;;1-2-3/h2,4-5,8-9,12-16,20H,3,6-7,10-11,17H2,1H3;2,4-5,8-9,12-17,21H,3,6-7,10-11,18H2,1H3;1,3-4,7-8,11-15,19H,2,5-6,9-10,16H2,(H,31,32);3,5-6,9-10,13-17,21H,4,7-8,11-12,18H2,1-2H3;2H,1H3,(H3,6,7,8);1H4;3H/b;;;23-17+;;;. The molecule has 4 aliphatic carbocycles. The maximum atomic E-state index is 13.1. The number of nitrogen functional groups attached to an aromatic ring is 1. The Morgan fingerprint density at radius 3 is 1.15 bits per heavy atom. The number of nitrogens with two attached hydrogens (primary N) is 1. The zero-order chi connectivity index (χ0) is 98.2. The second-order valence-corrected chi connectivity index (χ2v) is 36.6. The summed E-state index contributed by atoms with van der Waals surface area (Å²) in [5.74, 6) is 2.54. The van der Waals surface area contributed by atoms with Crippen LogP contribution in [0.1, 0.15) is 240 Å². The molecule has 19 rings (SSSR count). The molecule has 0 amide bonds. The Kier molecular flexibility index (Phi) is 38.8. The van der Waals surface area contributed by atoms with Crippen molar-refractivity contribution in [1.82, 2.24) is 58.9 Å². The molecule has 0 unspecified atom stereocenters. The van der Waals surface area contributed by atoms with E-state index in [2.05, 4.69) is 162 Å². The van der Waals surface area contributed by atoms with Gasteiger partial charge in [0.25, 0.3) is 0 Å². The average molecular weight is 2050 g/mol. The number of aromatic nitrogens is 11. The van der Waals surface area contributed by atoms with Crippen LogP contribution in [-0.4, -0.2) is 137 Å². The topological polar surface area (TPSA) is 331 Å². The van der Waals surface area contributed by atoms with Gasteiger partial charge in [-0.15, -0.1) is 0 Å². The number of nitrogens with zero attached hydrogens (tertiary/aromatic N) is 12. The zero-order valence-corrected chi connectivity index (χ0v) is 83.2. The first kappa shape index (κ1) is 104. The number of H-pyrrole nitrogens is 1. The molecule has 141 heavy (non-hydrogen) atoms. The van der Waals surface area contributed by atoms with Crippen molar-refractivity contribution >= 4 is 110 Å². The molecule has 0 saturated heterocycles. The Labute approximate surface area is 845 Å². The van der Waals surface area contributed by atoms with Gasteiger partial charge in [-0.25, -0.2) is 47.7 Å². The number of rotatable bonds is 26. The molecule has 0 atom stereocenters. The van der Waals surface area contributed by atoms with Crippen LogP contribution < -0.4 is 24.7 Å². The van der Waals surface area contributed by atoms with E-state index in [0.717, 1.165) is 184 Å². The third kappa shape index (κ3) is 27.8. The first-order valence-corrected chi connectivity index (χ1v) is 49.1. The number of ketones is 1. The fourth-order valence-corrected chi connectivity index (χ4v) is 19.0. The normalized spacial score (nSPS) is 13.9. The Balaban J connectivity index is 0.000000151. The van der Waals surface area contributed by atoms with Crippen LogP contribution in [-0.2, 0) is 45.4 Å². The maximum absolute atomic E-state index is 13.1. The van der Waals surface area contributed by atoms with Crippen molar-refractivity contribution in [3.63, 3.8) is 0 Å². The van der Waals surface area contributed by atoms with E-state index in [4.69, 9.17) is 34.2 Å². The van der Waals surface area contributed by atoms with Crippen LogP contribution in [0.4, 0.5) is 5.82 Å². The van der Waals surface area contributed by atoms with E-state index in [9.17, 15) is 29.1 Å². The van der Waals surface area contributed by atoms with Crippen LogP contribution in [0.5, 0.6) is 23.0 Å². The van der Waals surface area contributed by atoms with Gasteiger partial charge >= 0.3 is 48.6 Å². The molecule has 15 aromatic rings. The molecular formula is C110H118BBr2N14O13S. The predicted molar refractivity (Wildman–Crippen MR) is 559 cm³/mol. The number of carbonyl (C=O) groups is 5. The summed E-state index contributed by atoms with van der Waals surface area (Å²) in [7, 11) is 12.3. The molecule has 0 aliphatic heterocycles. The van der Waals surface area contributed by atoms with E-state index < -0.39 is 23.9 Å². The molecule has 31 heteroatoms. The van der Waals surface area contributed by atoms with Gasteiger partial charge in [-0.05, 0) is 176 Å². The second-order valence-electron chi connectivity index (χ2n) is 34.8. The summed E-state index contributed by atoms with van der Waals surface area (Å²) in [6, 6.07) is 75.7. The number of hydrogen-bond donors (Lipinski definition) is 4. The number of benzene rings is 8. The number of carbonyl (C=O) groups excluding carboxylic acids is 4. The first-order valence-electron chi connectivity index (χ1n) is 47.2.